The summed E-state index contributed by atoms with van der Waals surface area (Å²) in [6.45, 7) is 3.56. The van der Waals surface area contributed by atoms with Gasteiger partial charge in [0.2, 0.25) is 0 Å². The first kappa shape index (κ1) is 14.9. The Hall–Kier alpha value is -2.70. The van der Waals surface area contributed by atoms with Gasteiger partial charge >= 0.3 is 11.8 Å². The number of hydrogen-bond donors (Lipinski definition) is 0. The van der Waals surface area contributed by atoms with Crippen molar-refractivity contribution in [1.29, 1.82) is 0 Å². The standard InChI is InChI=1S/C17H19N5O2/c1-17(5-6-17)21-10-9-20(15(23)16(21)24)12-13-3-4-14(11-18-13)22-8-2-7-19-22/h2-4,7-8,11H,5-6,9-10,12H2,1H3. The second kappa shape index (κ2) is 5.43. The topological polar surface area (TPSA) is 71.3 Å². The first-order chi connectivity index (χ1) is 11.6. The minimum Gasteiger partial charge on any atom is -0.327 e. The van der Waals surface area contributed by atoms with Crippen LogP contribution in [0.25, 0.3) is 5.69 Å². The summed E-state index contributed by atoms with van der Waals surface area (Å²) in [4.78, 5) is 32.4. The Kier molecular flexibility index (Phi) is 3.37. The van der Waals surface area contributed by atoms with E-state index in [9.17, 15) is 9.59 Å². The van der Waals surface area contributed by atoms with E-state index >= 15 is 0 Å². The van der Waals surface area contributed by atoms with Gasteiger partial charge in [0, 0.05) is 31.0 Å². The van der Waals surface area contributed by atoms with Crippen molar-refractivity contribution in [3.8, 4) is 5.69 Å². The number of nitrogens with zero attached hydrogens (tertiary/aromatic N) is 5. The molecular formula is C17H19N5O2. The summed E-state index contributed by atoms with van der Waals surface area (Å²) < 4.78 is 1.72. The molecule has 2 amide bonds. The predicted octanol–water partition coefficient (Wildman–Crippen LogP) is 0.991. The number of pyridine rings is 1. The highest BCUT2D eigenvalue weighted by molar-refractivity contribution is 6.35. The van der Waals surface area contributed by atoms with Gasteiger partial charge < -0.3 is 9.80 Å². The average molecular weight is 325 g/mol. The summed E-state index contributed by atoms with van der Waals surface area (Å²) in [5, 5.41) is 4.15. The average Bonchev–Trinajstić information content (AvgIpc) is 3.11. The molecule has 124 valence electrons. The summed E-state index contributed by atoms with van der Waals surface area (Å²) in [7, 11) is 0. The molecule has 4 rings (SSSR count). The quantitative estimate of drug-likeness (QED) is 0.786. The number of carbonyl (C=O) groups excluding carboxylic acids is 2. The molecule has 2 aromatic heterocycles. The van der Waals surface area contributed by atoms with Crippen molar-refractivity contribution in [3.05, 3.63) is 42.5 Å². The molecule has 1 aliphatic heterocycles. The van der Waals surface area contributed by atoms with Gasteiger partial charge in [-0.25, -0.2) is 4.68 Å². The highest BCUT2D eigenvalue weighted by Gasteiger charge is 2.49. The molecule has 1 aliphatic carbocycles. The van der Waals surface area contributed by atoms with Gasteiger partial charge in [-0.2, -0.15) is 5.10 Å². The van der Waals surface area contributed by atoms with Crippen LogP contribution in [0.4, 0.5) is 0 Å². The van der Waals surface area contributed by atoms with Gasteiger partial charge in [0.1, 0.15) is 0 Å². The molecule has 0 bridgehead atoms. The van der Waals surface area contributed by atoms with Crippen LogP contribution in [0.15, 0.2) is 36.8 Å². The number of hydrogen-bond acceptors (Lipinski definition) is 4. The van der Waals surface area contributed by atoms with Gasteiger partial charge in [0.15, 0.2) is 0 Å². The molecule has 0 aromatic carbocycles. The molecule has 7 heteroatoms. The normalized spacial score (nSPS) is 19.7. The van der Waals surface area contributed by atoms with E-state index in [2.05, 4.69) is 10.1 Å². The van der Waals surface area contributed by atoms with Crippen LogP contribution in [-0.4, -0.2) is 55.0 Å². The third-order valence-corrected chi connectivity index (χ3v) is 4.87. The van der Waals surface area contributed by atoms with Crippen molar-refractivity contribution >= 4 is 11.8 Å². The molecule has 0 spiro atoms. The fourth-order valence-electron chi connectivity index (χ4n) is 3.05. The summed E-state index contributed by atoms with van der Waals surface area (Å²) in [6, 6.07) is 5.62. The maximum absolute atomic E-state index is 12.4. The number of aromatic nitrogens is 3. The fraction of sp³-hybridized carbons (Fsp3) is 0.412. The van der Waals surface area contributed by atoms with Gasteiger partial charge in [-0.1, -0.05) is 0 Å². The predicted molar refractivity (Wildman–Crippen MR) is 86.1 cm³/mol. The van der Waals surface area contributed by atoms with Crippen LogP contribution < -0.4 is 0 Å². The third kappa shape index (κ3) is 2.55. The lowest BCUT2D eigenvalue weighted by Crippen LogP contribution is -2.57. The second-order valence-corrected chi connectivity index (χ2v) is 6.64. The second-order valence-electron chi connectivity index (χ2n) is 6.64. The minimum absolute atomic E-state index is 0.0947. The van der Waals surface area contributed by atoms with E-state index in [0.29, 0.717) is 19.6 Å². The van der Waals surface area contributed by atoms with Crippen LogP contribution in [0.5, 0.6) is 0 Å². The van der Waals surface area contributed by atoms with Gasteiger partial charge in [-0.05, 0) is 38.0 Å². The highest BCUT2D eigenvalue weighted by atomic mass is 16.2. The Morgan fingerprint density at radius 2 is 2.00 bits per heavy atom. The van der Waals surface area contributed by atoms with Crippen LogP contribution in [0.1, 0.15) is 25.5 Å². The molecule has 2 fully saturated rings. The first-order valence-electron chi connectivity index (χ1n) is 8.13. The van der Waals surface area contributed by atoms with E-state index in [1.54, 1.807) is 26.9 Å². The van der Waals surface area contributed by atoms with E-state index in [1.807, 2.05) is 31.3 Å². The van der Waals surface area contributed by atoms with Crippen LogP contribution in [-0.2, 0) is 16.1 Å². The molecule has 1 saturated carbocycles. The fourth-order valence-corrected chi connectivity index (χ4v) is 3.05. The van der Waals surface area contributed by atoms with Crippen LogP contribution in [0, 0.1) is 0 Å². The van der Waals surface area contributed by atoms with E-state index in [-0.39, 0.29) is 11.4 Å². The maximum Gasteiger partial charge on any atom is 0.312 e. The van der Waals surface area contributed by atoms with Crippen LogP contribution >= 0.6 is 0 Å². The van der Waals surface area contributed by atoms with Gasteiger partial charge in [-0.15, -0.1) is 0 Å². The van der Waals surface area contributed by atoms with Crippen molar-refractivity contribution in [3.63, 3.8) is 0 Å². The zero-order valence-corrected chi connectivity index (χ0v) is 13.6. The van der Waals surface area contributed by atoms with Crippen molar-refractivity contribution in [2.24, 2.45) is 0 Å². The Balaban J connectivity index is 1.44. The minimum atomic E-state index is -0.424. The smallest absolute Gasteiger partial charge is 0.312 e. The Morgan fingerprint density at radius 1 is 1.17 bits per heavy atom. The summed E-state index contributed by atoms with van der Waals surface area (Å²) in [5.41, 5.74) is 1.53. The van der Waals surface area contributed by atoms with Crippen molar-refractivity contribution in [2.75, 3.05) is 13.1 Å². The molecule has 0 atom stereocenters. The Morgan fingerprint density at radius 3 is 2.62 bits per heavy atom. The molecule has 24 heavy (non-hydrogen) atoms. The largest absolute Gasteiger partial charge is 0.327 e. The number of rotatable bonds is 4. The van der Waals surface area contributed by atoms with Crippen molar-refractivity contribution in [2.45, 2.75) is 31.8 Å². The zero-order chi connectivity index (χ0) is 16.7. The molecule has 7 nitrogen and oxygen atoms in total. The number of carbonyl (C=O) groups is 2. The van der Waals surface area contributed by atoms with E-state index in [1.165, 1.54) is 0 Å². The van der Waals surface area contributed by atoms with Gasteiger partial charge in [0.05, 0.1) is 24.1 Å². The Bertz CT molecular complexity index is 765. The summed E-state index contributed by atoms with van der Waals surface area (Å²) in [5.74, 6) is -0.804. The van der Waals surface area contributed by atoms with Crippen LogP contribution in [0.3, 0.4) is 0 Å². The molecular weight excluding hydrogens is 306 g/mol. The molecule has 1 saturated heterocycles. The lowest BCUT2D eigenvalue weighted by atomic mass is 10.2. The number of amides is 2. The van der Waals surface area contributed by atoms with Gasteiger partial charge in [-0.3, -0.25) is 14.6 Å². The lowest BCUT2D eigenvalue weighted by molar-refractivity contribution is -0.158. The van der Waals surface area contributed by atoms with Crippen molar-refractivity contribution < 1.29 is 9.59 Å². The molecule has 3 heterocycles. The summed E-state index contributed by atoms with van der Waals surface area (Å²) >= 11 is 0. The maximum atomic E-state index is 12.4. The molecule has 0 N–H and O–H groups in total. The monoisotopic (exact) mass is 325 g/mol. The number of piperazine rings is 1. The third-order valence-electron chi connectivity index (χ3n) is 4.87. The van der Waals surface area contributed by atoms with E-state index < -0.39 is 5.91 Å². The highest BCUT2D eigenvalue weighted by Crippen LogP contribution is 2.41. The molecule has 0 unspecified atom stereocenters. The lowest BCUT2D eigenvalue weighted by Gasteiger charge is -2.37. The van der Waals surface area contributed by atoms with Crippen molar-refractivity contribution in [1.82, 2.24) is 24.6 Å². The van der Waals surface area contributed by atoms with E-state index in [0.717, 1.165) is 24.2 Å². The molecule has 2 aromatic rings. The van der Waals surface area contributed by atoms with E-state index in [4.69, 9.17) is 0 Å². The van der Waals surface area contributed by atoms with Crippen LogP contribution in [0.2, 0.25) is 0 Å². The molecule has 2 aliphatic rings. The summed E-state index contributed by atoms with van der Waals surface area (Å²) in [6.07, 6.45) is 7.25. The SMILES string of the molecule is CC1(N2CCN(Cc3ccc(-n4cccn4)cn3)C(=O)C2=O)CC1. The van der Waals surface area contributed by atoms with Gasteiger partial charge in [0.25, 0.3) is 0 Å². The molecule has 0 radical (unpaired) electrons. The zero-order valence-electron chi connectivity index (χ0n) is 13.6. The Labute approximate surface area is 139 Å². The first-order valence-corrected chi connectivity index (χ1v) is 8.13.